The van der Waals surface area contributed by atoms with Crippen LogP contribution in [0.2, 0.25) is 0 Å². The van der Waals surface area contributed by atoms with Crippen molar-refractivity contribution in [3.63, 3.8) is 0 Å². The minimum Gasteiger partial charge on any atom is -0.491 e. The lowest BCUT2D eigenvalue weighted by atomic mass is 10.2. The first-order valence-corrected chi connectivity index (χ1v) is 8.86. The topological polar surface area (TPSA) is 59.1 Å². The van der Waals surface area contributed by atoms with Crippen molar-refractivity contribution in [3.8, 4) is 5.75 Å². The summed E-state index contributed by atoms with van der Waals surface area (Å²) >= 11 is 0. The van der Waals surface area contributed by atoms with Crippen LogP contribution >= 0.6 is 0 Å². The van der Waals surface area contributed by atoms with Crippen LogP contribution in [0.15, 0.2) is 54.6 Å². The van der Waals surface area contributed by atoms with E-state index in [9.17, 15) is 4.39 Å². The molecule has 1 heterocycles. The van der Waals surface area contributed by atoms with Crippen molar-refractivity contribution in [2.45, 2.75) is 33.4 Å². The van der Waals surface area contributed by atoms with E-state index < -0.39 is 0 Å². The van der Waals surface area contributed by atoms with Gasteiger partial charge in [-0.3, -0.25) is 0 Å². The number of nitrogens with zero attached hydrogens (tertiary/aromatic N) is 2. The molecule has 0 aliphatic rings. The third-order valence-corrected chi connectivity index (χ3v) is 3.75. The smallest absolute Gasteiger partial charge is 0.229 e. The third kappa shape index (κ3) is 5.41. The van der Waals surface area contributed by atoms with Gasteiger partial charge in [0.05, 0.1) is 6.10 Å². The van der Waals surface area contributed by atoms with Crippen molar-refractivity contribution in [2.75, 3.05) is 10.6 Å². The van der Waals surface area contributed by atoms with Gasteiger partial charge in [-0.1, -0.05) is 18.2 Å². The molecule has 3 rings (SSSR count). The third-order valence-electron chi connectivity index (χ3n) is 3.75. The van der Waals surface area contributed by atoms with Crippen molar-refractivity contribution in [2.24, 2.45) is 0 Å². The van der Waals surface area contributed by atoms with E-state index in [1.807, 2.05) is 57.2 Å². The highest BCUT2D eigenvalue weighted by molar-refractivity contribution is 5.56. The predicted octanol–water partition coefficient (Wildman–Crippen LogP) is 5.07. The molecule has 0 aliphatic heterocycles. The van der Waals surface area contributed by atoms with Crippen molar-refractivity contribution in [1.82, 2.24) is 9.97 Å². The number of hydrogen-bond acceptors (Lipinski definition) is 5. The second kappa shape index (κ2) is 8.49. The Morgan fingerprint density at radius 3 is 2.48 bits per heavy atom. The summed E-state index contributed by atoms with van der Waals surface area (Å²) in [6, 6.07) is 16.1. The van der Waals surface area contributed by atoms with Crippen LogP contribution in [0.1, 0.15) is 25.1 Å². The number of aromatic nitrogens is 2. The molecule has 2 N–H and O–H groups in total. The van der Waals surface area contributed by atoms with Crippen LogP contribution in [-0.4, -0.2) is 16.1 Å². The molecular formula is C21H23FN4O. The van der Waals surface area contributed by atoms with Gasteiger partial charge in [0.1, 0.15) is 17.4 Å². The molecule has 5 nitrogen and oxygen atoms in total. The van der Waals surface area contributed by atoms with Gasteiger partial charge in [0, 0.05) is 29.6 Å². The van der Waals surface area contributed by atoms with E-state index in [0.717, 1.165) is 17.1 Å². The molecule has 27 heavy (non-hydrogen) atoms. The lowest BCUT2D eigenvalue weighted by molar-refractivity contribution is 0.242. The lowest BCUT2D eigenvalue weighted by Gasteiger charge is -2.12. The van der Waals surface area contributed by atoms with Crippen molar-refractivity contribution < 1.29 is 9.13 Å². The first-order chi connectivity index (χ1) is 13.0. The summed E-state index contributed by atoms with van der Waals surface area (Å²) in [7, 11) is 0. The number of nitrogens with one attached hydrogen (secondary N) is 2. The van der Waals surface area contributed by atoms with Crippen LogP contribution in [0.3, 0.4) is 0 Å². The molecule has 0 fully saturated rings. The van der Waals surface area contributed by atoms with Crippen molar-refractivity contribution in [3.05, 3.63) is 71.7 Å². The predicted molar refractivity (Wildman–Crippen MR) is 106 cm³/mol. The SMILES string of the molecule is Cc1cc(NCc2ccccc2F)nc(Nc2ccc(OC(C)C)cc2)n1. The average molecular weight is 366 g/mol. The van der Waals surface area contributed by atoms with Crippen LogP contribution in [0.4, 0.5) is 21.8 Å². The number of hydrogen-bond donors (Lipinski definition) is 2. The van der Waals surface area contributed by atoms with E-state index in [4.69, 9.17) is 4.74 Å². The van der Waals surface area contributed by atoms with Crippen LogP contribution < -0.4 is 15.4 Å². The maximum Gasteiger partial charge on any atom is 0.229 e. The number of rotatable bonds is 7. The van der Waals surface area contributed by atoms with Gasteiger partial charge in [-0.2, -0.15) is 4.98 Å². The maximum absolute atomic E-state index is 13.8. The zero-order valence-corrected chi connectivity index (χ0v) is 15.7. The minimum atomic E-state index is -0.238. The molecule has 0 amide bonds. The number of ether oxygens (including phenoxy) is 1. The highest BCUT2D eigenvalue weighted by Gasteiger charge is 2.06. The number of anilines is 3. The van der Waals surface area contributed by atoms with Crippen LogP contribution in [-0.2, 0) is 6.54 Å². The molecule has 0 spiro atoms. The average Bonchev–Trinajstić information content (AvgIpc) is 2.62. The molecule has 140 valence electrons. The van der Waals surface area contributed by atoms with Gasteiger partial charge in [-0.15, -0.1) is 0 Å². The van der Waals surface area contributed by atoms with Gasteiger partial charge in [0.25, 0.3) is 0 Å². The zero-order chi connectivity index (χ0) is 19.2. The standard InChI is InChI=1S/C21H23FN4O/c1-14(2)27-18-10-8-17(9-11-18)25-21-24-15(3)12-20(26-21)23-13-16-6-4-5-7-19(16)22/h4-12,14H,13H2,1-3H3,(H2,23,24,25,26). The molecule has 1 aromatic heterocycles. The second-order valence-corrected chi connectivity index (χ2v) is 6.48. The summed E-state index contributed by atoms with van der Waals surface area (Å²) in [6.45, 7) is 6.22. The molecule has 0 atom stereocenters. The van der Waals surface area contributed by atoms with Gasteiger partial charge in [0.15, 0.2) is 0 Å². The Kier molecular flexibility index (Phi) is 5.86. The first kappa shape index (κ1) is 18.6. The fraction of sp³-hybridized carbons (Fsp3) is 0.238. The lowest BCUT2D eigenvalue weighted by Crippen LogP contribution is -2.07. The van der Waals surface area contributed by atoms with Crippen LogP contribution in [0.5, 0.6) is 5.75 Å². The molecule has 2 aromatic carbocycles. The van der Waals surface area contributed by atoms with E-state index in [0.29, 0.717) is 23.9 Å². The van der Waals surface area contributed by atoms with Gasteiger partial charge in [-0.05, 0) is 51.1 Å². The molecule has 3 aromatic rings. The minimum absolute atomic E-state index is 0.131. The largest absolute Gasteiger partial charge is 0.491 e. The Bertz CT molecular complexity index is 897. The van der Waals surface area contributed by atoms with E-state index >= 15 is 0 Å². The fourth-order valence-electron chi connectivity index (χ4n) is 2.56. The Hall–Kier alpha value is -3.15. The molecule has 0 saturated carbocycles. The fourth-order valence-corrected chi connectivity index (χ4v) is 2.56. The van der Waals surface area contributed by atoms with Gasteiger partial charge < -0.3 is 15.4 Å². The highest BCUT2D eigenvalue weighted by atomic mass is 19.1. The highest BCUT2D eigenvalue weighted by Crippen LogP contribution is 2.20. The molecule has 0 unspecified atom stereocenters. The molecule has 0 radical (unpaired) electrons. The molecular weight excluding hydrogens is 343 g/mol. The number of aryl methyl sites for hydroxylation is 1. The zero-order valence-electron chi connectivity index (χ0n) is 15.7. The molecule has 0 bridgehead atoms. The summed E-state index contributed by atoms with van der Waals surface area (Å²) in [5.74, 6) is 1.68. The normalized spacial score (nSPS) is 10.7. The number of benzene rings is 2. The maximum atomic E-state index is 13.8. The summed E-state index contributed by atoms with van der Waals surface area (Å²) in [6.07, 6.45) is 0.131. The van der Waals surface area contributed by atoms with E-state index in [1.54, 1.807) is 12.1 Å². The van der Waals surface area contributed by atoms with E-state index in [1.165, 1.54) is 6.07 Å². The molecule has 6 heteroatoms. The van der Waals surface area contributed by atoms with Gasteiger partial charge >= 0.3 is 0 Å². The first-order valence-electron chi connectivity index (χ1n) is 8.86. The Morgan fingerprint density at radius 2 is 1.78 bits per heavy atom. The van der Waals surface area contributed by atoms with Gasteiger partial charge in [-0.25, -0.2) is 9.37 Å². The Morgan fingerprint density at radius 1 is 1.04 bits per heavy atom. The second-order valence-electron chi connectivity index (χ2n) is 6.48. The van der Waals surface area contributed by atoms with E-state index in [-0.39, 0.29) is 11.9 Å². The van der Waals surface area contributed by atoms with Crippen molar-refractivity contribution in [1.29, 1.82) is 0 Å². The molecule has 0 aliphatic carbocycles. The monoisotopic (exact) mass is 366 g/mol. The summed E-state index contributed by atoms with van der Waals surface area (Å²) < 4.78 is 19.4. The number of halogens is 1. The summed E-state index contributed by atoms with van der Waals surface area (Å²) in [4.78, 5) is 8.86. The summed E-state index contributed by atoms with van der Waals surface area (Å²) in [5.41, 5.74) is 2.25. The Labute approximate surface area is 158 Å². The molecule has 0 saturated heterocycles. The van der Waals surface area contributed by atoms with Gasteiger partial charge in [0.2, 0.25) is 5.95 Å². The summed E-state index contributed by atoms with van der Waals surface area (Å²) in [5, 5.41) is 6.33. The van der Waals surface area contributed by atoms with Crippen LogP contribution in [0, 0.1) is 12.7 Å². The van der Waals surface area contributed by atoms with Crippen molar-refractivity contribution >= 4 is 17.5 Å². The van der Waals surface area contributed by atoms with Crippen LogP contribution in [0.25, 0.3) is 0 Å². The Balaban J connectivity index is 1.68. The van der Waals surface area contributed by atoms with E-state index in [2.05, 4.69) is 20.6 Å². The quantitative estimate of drug-likeness (QED) is 0.611.